The smallest absolute Gasteiger partial charge is 0.409 e. The Kier molecular flexibility index (Phi) is 20.8. The number of carbonyl (C=O) groups is 7. The Bertz CT molecular complexity index is 1450. The minimum Gasteiger partial charge on any atom is -0.447 e. The van der Waals surface area contributed by atoms with E-state index in [0.29, 0.717) is 17.8 Å². The maximum atomic E-state index is 12.8. The number of amides is 7. The number of hydrogen-bond acceptors (Lipinski definition) is 12. The summed E-state index contributed by atoms with van der Waals surface area (Å²) >= 11 is 0. The lowest BCUT2D eigenvalue weighted by Gasteiger charge is -2.27. The van der Waals surface area contributed by atoms with Crippen LogP contribution in [0.5, 0.6) is 0 Å². The average molecular weight is 793 g/mol. The molecule has 1 saturated heterocycles. The molecule has 1 fully saturated rings. The third-order valence-corrected chi connectivity index (χ3v) is 8.81. The van der Waals surface area contributed by atoms with Gasteiger partial charge in [-0.05, 0) is 29.5 Å². The lowest BCUT2D eigenvalue weighted by Crippen LogP contribution is -2.51. The number of likely N-dealkylation sites (tertiary alicyclic amines) is 1. The number of likely N-dealkylation sites (N-methyl/N-ethyl adjacent to an activating group) is 1. The fourth-order valence-electron chi connectivity index (χ4n) is 5.44. The highest BCUT2D eigenvalue weighted by Crippen LogP contribution is 2.26. The number of rotatable bonds is 24. The largest absolute Gasteiger partial charge is 0.447 e. The molecule has 0 aliphatic carbocycles. The molecule has 0 bridgehead atoms. The predicted octanol–water partition coefficient (Wildman–Crippen LogP) is 1.60. The predicted molar refractivity (Wildman–Crippen MR) is 204 cm³/mol. The van der Waals surface area contributed by atoms with Gasteiger partial charge in [0.1, 0.15) is 19.3 Å². The molecule has 2 atom stereocenters. The number of nitrogens with zero attached hydrogens (tertiary/aromatic N) is 3. The molecule has 1 heterocycles. The van der Waals surface area contributed by atoms with Crippen molar-refractivity contribution >= 4 is 47.4 Å². The van der Waals surface area contributed by atoms with Gasteiger partial charge in [0.05, 0.1) is 46.1 Å². The van der Waals surface area contributed by atoms with Crippen LogP contribution in [0.1, 0.15) is 53.5 Å². The van der Waals surface area contributed by atoms with Gasteiger partial charge in [-0.15, -0.1) is 0 Å². The molecule has 0 saturated carbocycles. The third kappa shape index (κ3) is 16.5. The SMILES string of the molecule is CC(C)C(=O)N(CCOCCO)CCN(C)C(=O)OCc1ccc(NC(=O)CNC(=O)C(NC(=O)OCCOCCN2C(=O)CC(C(C)C)C2=O)C(C)C)cc1. The Balaban J connectivity index is 1.70. The van der Waals surface area contributed by atoms with Crippen LogP contribution in [0.3, 0.4) is 0 Å². The van der Waals surface area contributed by atoms with Gasteiger partial charge in [-0.3, -0.25) is 28.9 Å². The summed E-state index contributed by atoms with van der Waals surface area (Å²) in [6, 6.07) is 5.59. The first-order valence-electron chi connectivity index (χ1n) is 18.9. The Morgan fingerprint density at radius 2 is 1.55 bits per heavy atom. The number of anilines is 1. The number of ether oxygens (including phenoxy) is 4. The minimum atomic E-state index is -0.989. The summed E-state index contributed by atoms with van der Waals surface area (Å²) in [4.78, 5) is 91.6. The first kappa shape index (κ1) is 47.3. The molecular weight excluding hydrogens is 732 g/mol. The van der Waals surface area contributed by atoms with E-state index in [1.54, 1.807) is 63.9 Å². The van der Waals surface area contributed by atoms with Gasteiger partial charge in [-0.25, -0.2) is 9.59 Å². The molecule has 18 nitrogen and oxygen atoms in total. The van der Waals surface area contributed by atoms with Crippen LogP contribution in [0.25, 0.3) is 0 Å². The normalized spacial score (nSPS) is 14.6. The van der Waals surface area contributed by atoms with Crippen LogP contribution in [-0.4, -0.2) is 147 Å². The van der Waals surface area contributed by atoms with Gasteiger partial charge in [0.15, 0.2) is 0 Å². The molecule has 1 aliphatic rings. The third-order valence-electron chi connectivity index (χ3n) is 8.81. The standard InChI is InChI=1S/C38H60N6O12/c1-25(2)30-22-32(47)44(36(30)50)15-18-54-20-21-55-37(51)41-33(26(3)4)34(48)39-23-31(46)40-29-10-8-28(9-11-29)24-56-38(52)42(7)12-13-43(35(49)27(5)6)14-17-53-19-16-45/h8-11,25-27,30,33,45H,12-24H2,1-7H3,(H,39,48)(H,40,46)(H,41,51). The summed E-state index contributed by atoms with van der Waals surface area (Å²) < 4.78 is 21.2. The zero-order chi connectivity index (χ0) is 41.8. The van der Waals surface area contributed by atoms with Gasteiger partial charge in [0, 0.05) is 50.6 Å². The molecule has 7 amide bonds. The molecule has 2 unspecified atom stereocenters. The van der Waals surface area contributed by atoms with E-state index in [2.05, 4.69) is 16.0 Å². The summed E-state index contributed by atoms with van der Waals surface area (Å²) in [6.45, 7) is 11.7. The van der Waals surface area contributed by atoms with Crippen LogP contribution in [0.2, 0.25) is 0 Å². The van der Waals surface area contributed by atoms with Gasteiger partial charge in [0.25, 0.3) is 0 Å². The molecular formula is C38H60N6O12. The highest BCUT2D eigenvalue weighted by Gasteiger charge is 2.39. The molecule has 1 aromatic rings. The minimum absolute atomic E-state index is 0.0200. The second-order valence-corrected chi connectivity index (χ2v) is 14.3. The van der Waals surface area contributed by atoms with Gasteiger partial charge >= 0.3 is 12.2 Å². The summed E-state index contributed by atoms with van der Waals surface area (Å²) in [5.74, 6) is -2.41. The van der Waals surface area contributed by atoms with E-state index in [9.17, 15) is 33.6 Å². The van der Waals surface area contributed by atoms with E-state index in [1.165, 1.54) is 9.80 Å². The lowest BCUT2D eigenvalue weighted by molar-refractivity contribution is -0.140. The van der Waals surface area contributed by atoms with E-state index < -0.39 is 30.0 Å². The summed E-state index contributed by atoms with van der Waals surface area (Å²) in [6.07, 6.45) is -1.23. The van der Waals surface area contributed by atoms with E-state index >= 15 is 0 Å². The van der Waals surface area contributed by atoms with Gasteiger partial charge in [0.2, 0.25) is 29.5 Å². The maximum Gasteiger partial charge on any atom is 0.409 e. The molecule has 4 N–H and O–H groups in total. The number of aliphatic hydroxyl groups is 1. The highest BCUT2D eigenvalue weighted by molar-refractivity contribution is 6.03. The van der Waals surface area contributed by atoms with Gasteiger partial charge < -0.3 is 49.8 Å². The number of nitrogens with one attached hydrogen (secondary N) is 3. The molecule has 56 heavy (non-hydrogen) atoms. The molecule has 0 aromatic heterocycles. The van der Waals surface area contributed by atoms with E-state index in [1.807, 2.05) is 13.8 Å². The first-order valence-corrected chi connectivity index (χ1v) is 18.9. The lowest BCUT2D eigenvalue weighted by atomic mass is 9.94. The van der Waals surface area contributed by atoms with Crippen molar-refractivity contribution < 1.29 is 57.6 Å². The fourth-order valence-corrected chi connectivity index (χ4v) is 5.44. The van der Waals surface area contributed by atoms with E-state index in [4.69, 9.17) is 24.1 Å². The molecule has 1 aliphatic heterocycles. The Morgan fingerprint density at radius 3 is 2.16 bits per heavy atom. The van der Waals surface area contributed by atoms with Crippen molar-refractivity contribution in [2.75, 3.05) is 84.7 Å². The van der Waals surface area contributed by atoms with Crippen molar-refractivity contribution in [3.05, 3.63) is 29.8 Å². The quantitative estimate of drug-likeness (QED) is 0.0866. The zero-order valence-electron chi connectivity index (χ0n) is 33.7. The van der Waals surface area contributed by atoms with Crippen molar-refractivity contribution in [2.24, 2.45) is 23.7 Å². The van der Waals surface area contributed by atoms with Crippen LogP contribution in [0.4, 0.5) is 15.3 Å². The zero-order valence-corrected chi connectivity index (χ0v) is 33.7. The highest BCUT2D eigenvalue weighted by atomic mass is 16.6. The number of hydrogen-bond donors (Lipinski definition) is 4. The number of imide groups is 1. The molecule has 1 aromatic carbocycles. The van der Waals surface area contributed by atoms with Crippen molar-refractivity contribution in [1.29, 1.82) is 0 Å². The van der Waals surface area contributed by atoms with Crippen LogP contribution >= 0.6 is 0 Å². The van der Waals surface area contributed by atoms with Crippen molar-refractivity contribution in [1.82, 2.24) is 25.3 Å². The monoisotopic (exact) mass is 792 g/mol. The van der Waals surface area contributed by atoms with Gasteiger partial charge in [-0.2, -0.15) is 0 Å². The fraction of sp³-hybridized carbons (Fsp3) is 0.658. The topological polar surface area (TPSA) is 222 Å². The molecule has 2 rings (SSSR count). The Morgan fingerprint density at radius 1 is 0.875 bits per heavy atom. The van der Waals surface area contributed by atoms with Crippen LogP contribution < -0.4 is 16.0 Å². The second kappa shape index (κ2) is 24.7. The number of alkyl carbamates (subject to hydrolysis) is 1. The molecule has 18 heteroatoms. The van der Waals surface area contributed by atoms with Crippen molar-refractivity contribution in [3.63, 3.8) is 0 Å². The second-order valence-electron chi connectivity index (χ2n) is 14.3. The maximum absolute atomic E-state index is 12.8. The summed E-state index contributed by atoms with van der Waals surface area (Å²) in [5.41, 5.74) is 1.10. The summed E-state index contributed by atoms with van der Waals surface area (Å²) in [7, 11) is 1.57. The molecule has 0 spiro atoms. The Hall–Kier alpha value is -4.81. The van der Waals surface area contributed by atoms with Crippen molar-refractivity contribution in [3.8, 4) is 0 Å². The number of aliphatic hydroxyl groups excluding tert-OH is 1. The first-order chi connectivity index (χ1) is 26.5. The van der Waals surface area contributed by atoms with Gasteiger partial charge in [-0.1, -0.05) is 53.7 Å². The van der Waals surface area contributed by atoms with Crippen LogP contribution in [-0.2, 0) is 49.5 Å². The molecule has 0 radical (unpaired) electrons. The van der Waals surface area contributed by atoms with E-state index in [-0.39, 0.29) is 120 Å². The number of benzene rings is 1. The average Bonchev–Trinajstić information content (AvgIpc) is 3.45. The van der Waals surface area contributed by atoms with Crippen LogP contribution in [0, 0.1) is 23.7 Å². The Labute approximate surface area is 328 Å². The van der Waals surface area contributed by atoms with Crippen molar-refractivity contribution in [2.45, 2.75) is 60.6 Å². The molecule has 314 valence electrons. The number of carbonyl (C=O) groups excluding carboxylic acids is 7. The van der Waals surface area contributed by atoms with Crippen LogP contribution in [0.15, 0.2) is 24.3 Å². The van der Waals surface area contributed by atoms with E-state index in [0.717, 1.165) is 0 Å². The summed E-state index contributed by atoms with van der Waals surface area (Å²) in [5, 5.41) is 16.6.